The number of pyridine rings is 1. The molecule has 0 saturated heterocycles. The summed E-state index contributed by atoms with van der Waals surface area (Å²) in [6.45, 7) is 0.959. The molecule has 0 saturated carbocycles. The number of rotatable bonds is 6. The van der Waals surface area contributed by atoms with E-state index >= 15 is 0 Å². The van der Waals surface area contributed by atoms with Gasteiger partial charge in [-0.1, -0.05) is 36.4 Å². The molecule has 2 heterocycles. The first-order valence-corrected chi connectivity index (χ1v) is 10.5. The number of aliphatic imine (C=N–C) groups is 1. The summed E-state index contributed by atoms with van der Waals surface area (Å²) in [5.41, 5.74) is 10.7. The molecule has 4 rings (SSSR count). The Morgan fingerprint density at radius 1 is 1.17 bits per heavy atom. The minimum atomic E-state index is -0.396. The lowest BCUT2D eigenvalue weighted by atomic mass is 10.1. The normalized spacial score (nSPS) is 14.2. The molecule has 2 aromatic carbocycles. The highest BCUT2D eigenvalue weighted by Crippen LogP contribution is 2.29. The van der Waals surface area contributed by atoms with Crippen LogP contribution in [0.4, 0.5) is 0 Å². The Hall–Kier alpha value is -3.23. The number of benzene rings is 2. The fourth-order valence-electron chi connectivity index (χ4n) is 3.12. The van der Waals surface area contributed by atoms with Gasteiger partial charge in [-0.05, 0) is 31.6 Å². The Balaban J connectivity index is 1.53. The molecule has 1 aliphatic heterocycles. The Morgan fingerprint density at radius 3 is 2.77 bits per heavy atom. The van der Waals surface area contributed by atoms with Crippen molar-refractivity contribution in [3.63, 3.8) is 0 Å². The molecule has 3 aromatic rings. The third kappa shape index (κ3) is 4.19. The van der Waals surface area contributed by atoms with Crippen molar-refractivity contribution >= 4 is 40.1 Å². The number of nitrogens with zero attached hydrogens (tertiary/aromatic N) is 4. The summed E-state index contributed by atoms with van der Waals surface area (Å²) in [6.07, 6.45) is 1.68. The Bertz CT molecular complexity index is 1170. The van der Waals surface area contributed by atoms with E-state index in [1.807, 2.05) is 56.6 Å². The second kappa shape index (κ2) is 8.64. The van der Waals surface area contributed by atoms with Gasteiger partial charge in [0.2, 0.25) is 0 Å². The molecule has 30 heavy (non-hydrogen) atoms. The van der Waals surface area contributed by atoms with Crippen molar-refractivity contribution in [3.05, 3.63) is 71.5 Å². The van der Waals surface area contributed by atoms with Gasteiger partial charge in [-0.15, -0.1) is 11.8 Å². The third-order valence-corrected chi connectivity index (χ3v) is 5.71. The second-order valence-electron chi connectivity index (χ2n) is 7.12. The number of hydrogen-bond donors (Lipinski definition) is 2. The van der Waals surface area contributed by atoms with Crippen LogP contribution in [-0.4, -0.2) is 53.9 Å². The predicted octanol–water partition coefficient (Wildman–Crippen LogP) is 2.70. The van der Waals surface area contributed by atoms with E-state index in [1.54, 1.807) is 24.0 Å². The van der Waals surface area contributed by atoms with Crippen LogP contribution in [0.25, 0.3) is 10.8 Å². The van der Waals surface area contributed by atoms with Gasteiger partial charge in [-0.25, -0.2) is 10.4 Å². The van der Waals surface area contributed by atoms with Crippen LogP contribution in [0.1, 0.15) is 21.6 Å². The van der Waals surface area contributed by atoms with Crippen molar-refractivity contribution in [3.8, 4) is 0 Å². The summed E-state index contributed by atoms with van der Waals surface area (Å²) >= 11 is 1.73. The fraction of sp³-hybridized carbons (Fsp3) is 0.182. The maximum Gasteiger partial charge on any atom is 0.290 e. The molecule has 0 fully saturated rings. The zero-order valence-corrected chi connectivity index (χ0v) is 17.6. The van der Waals surface area contributed by atoms with Gasteiger partial charge in [0.05, 0.1) is 0 Å². The van der Waals surface area contributed by atoms with Gasteiger partial charge in [0.1, 0.15) is 11.5 Å². The zero-order valence-electron chi connectivity index (χ0n) is 16.8. The first kappa shape index (κ1) is 20.1. The quantitative estimate of drug-likeness (QED) is 0.474. The highest BCUT2D eigenvalue weighted by atomic mass is 32.2. The van der Waals surface area contributed by atoms with Gasteiger partial charge < -0.3 is 10.6 Å². The topological polar surface area (TPSA) is 96.0 Å². The molecule has 8 heteroatoms. The number of amidine groups is 2. The number of hydrazone groups is 1. The van der Waals surface area contributed by atoms with Gasteiger partial charge in [0.25, 0.3) is 5.91 Å². The van der Waals surface area contributed by atoms with Gasteiger partial charge >= 0.3 is 0 Å². The number of nitrogens with two attached hydrogens (primary N) is 1. The number of aromatic nitrogens is 1. The Labute approximate surface area is 179 Å². The van der Waals surface area contributed by atoms with Crippen molar-refractivity contribution < 1.29 is 4.79 Å². The minimum Gasteiger partial charge on any atom is -0.383 e. The van der Waals surface area contributed by atoms with Crippen LogP contribution >= 0.6 is 11.8 Å². The smallest absolute Gasteiger partial charge is 0.290 e. The first-order valence-electron chi connectivity index (χ1n) is 9.51. The average Bonchev–Trinajstić information content (AvgIpc) is 3.08. The summed E-state index contributed by atoms with van der Waals surface area (Å²) in [7, 11) is 4.09. The number of fused-ring (bicyclic) bond motifs is 2. The molecule has 0 bridgehead atoms. The molecule has 1 aromatic heterocycles. The van der Waals surface area contributed by atoms with Crippen LogP contribution in [0.2, 0.25) is 0 Å². The first-order chi connectivity index (χ1) is 14.5. The molecule has 0 spiro atoms. The number of carbonyl (C=O) groups is 1. The van der Waals surface area contributed by atoms with Gasteiger partial charge in [0, 0.05) is 39.9 Å². The van der Waals surface area contributed by atoms with Gasteiger partial charge in [0.15, 0.2) is 5.84 Å². The SMILES string of the molecule is CN(C)CCSc1cccc2c1C(N)=N/C2=N\NC(=O)c1cc2ccccc2cn1. The van der Waals surface area contributed by atoms with E-state index < -0.39 is 5.91 Å². The van der Waals surface area contributed by atoms with Crippen LogP contribution in [0.3, 0.4) is 0 Å². The molecule has 1 amide bonds. The standard InChI is InChI=1S/C22H22N6OS/c1-28(2)10-11-30-18-9-5-8-16-19(18)20(23)25-21(16)26-27-22(29)17-12-14-6-3-4-7-15(14)13-24-17/h3-9,12-13H,10-11H2,1-2H3,(H,27,29)(H2,23,25,26). The van der Waals surface area contributed by atoms with E-state index in [2.05, 4.69) is 25.4 Å². The lowest BCUT2D eigenvalue weighted by molar-refractivity contribution is 0.0950. The minimum absolute atomic E-state index is 0.293. The maximum atomic E-state index is 12.5. The molecule has 0 atom stereocenters. The molecular weight excluding hydrogens is 396 g/mol. The molecule has 0 unspecified atom stereocenters. The third-order valence-electron chi connectivity index (χ3n) is 4.67. The molecule has 0 radical (unpaired) electrons. The van der Waals surface area contributed by atoms with Crippen LogP contribution in [0.15, 0.2) is 69.7 Å². The number of amides is 1. The average molecular weight is 419 g/mol. The highest BCUT2D eigenvalue weighted by Gasteiger charge is 2.23. The largest absolute Gasteiger partial charge is 0.383 e. The zero-order chi connectivity index (χ0) is 21.1. The summed E-state index contributed by atoms with van der Waals surface area (Å²) < 4.78 is 0. The summed E-state index contributed by atoms with van der Waals surface area (Å²) in [5, 5.41) is 6.13. The number of thioether (sulfide) groups is 1. The molecule has 1 aliphatic rings. The van der Waals surface area contributed by atoms with E-state index in [1.165, 1.54) is 0 Å². The molecule has 3 N–H and O–H groups in total. The number of nitrogens with one attached hydrogen (secondary N) is 1. The molecule has 152 valence electrons. The van der Waals surface area contributed by atoms with E-state index in [4.69, 9.17) is 5.73 Å². The summed E-state index contributed by atoms with van der Waals surface area (Å²) in [5.74, 6) is 1.35. The maximum absolute atomic E-state index is 12.5. The van der Waals surface area contributed by atoms with E-state index in [9.17, 15) is 4.79 Å². The van der Waals surface area contributed by atoms with Crippen molar-refractivity contribution in [2.45, 2.75) is 4.90 Å². The monoisotopic (exact) mass is 418 g/mol. The van der Waals surface area contributed by atoms with Crippen molar-refractivity contribution in [1.29, 1.82) is 0 Å². The van der Waals surface area contributed by atoms with Crippen LogP contribution in [-0.2, 0) is 0 Å². The van der Waals surface area contributed by atoms with Crippen LogP contribution < -0.4 is 11.2 Å². The van der Waals surface area contributed by atoms with E-state index in [-0.39, 0.29) is 0 Å². The summed E-state index contributed by atoms with van der Waals surface area (Å²) in [4.78, 5) is 24.3. The fourth-order valence-corrected chi connectivity index (χ4v) is 4.33. The van der Waals surface area contributed by atoms with Gasteiger partial charge in [-0.3, -0.25) is 9.78 Å². The number of carbonyl (C=O) groups excluding carboxylic acids is 1. The molecule has 0 aliphatic carbocycles. The Morgan fingerprint density at radius 2 is 1.97 bits per heavy atom. The highest BCUT2D eigenvalue weighted by molar-refractivity contribution is 7.99. The van der Waals surface area contributed by atoms with Crippen molar-refractivity contribution in [1.82, 2.24) is 15.3 Å². The summed E-state index contributed by atoms with van der Waals surface area (Å²) in [6, 6.07) is 15.4. The van der Waals surface area contributed by atoms with Crippen molar-refractivity contribution in [2.24, 2.45) is 15.8 Å². The molecular formula is C22H22N6OS. The van der Waals surface area contributed by atoms with E-state index in [0.29, 0.717) is 17.4 Å². The van der Waals surface area contributed by atoms with E-state index in [0.717, 1.165) is 39.1 Å². The van der Waals surface area contributed by atoms with Crippen LogP contribution in [0, 0.1) is 0 Å². The number of hydrogen-bond acceptors (Lipinski definition) is 6. The lowest BCUT2D eigenvalue weighted by Gasteiger charge is -2.11. The van der Waals surface area contributed by atoms with Gasteiger partial charge in [-0.2, -0.15) is 5.10 Å². The second-order valence-corrected chi connectivity index (χ2v) is 8.26. The van der Waals surface area contributed by atoms with Crippen LogP contribution in [0.5, 0.6) is 0 Å². The lowest BCUT2D eigenvalue weighted by Crippen LogP contribution is -2.20. The Kier molecular flexibility index (Phi) is 5.78. The predicted molar refractivity (Wildman–Crippen MR) is 122 cm³/mol. The molecule has 7 nitrogen and oxygen atoms in total. The van der Waals surface area contributed by atoms with Crippen molar-refractivity contribution in [2.75, 3.05) is 26.4 Å².